The summed E-state index contributed by atoms with van der Waals surface area (Å²) in [5.74, 6) is -1.10. The maximum atomic E-state index is 12.0. The van der Waals surface area contributed by atoms with Crippen LogP contribution in [-0.2, 0) is 28.5 Å². The van der Waals surface area contributed by atoms with E-state index >= 15 is 0 Å². The van der Waals surface area contributed by atoms with E-state index in [1.807, 2.05) is 13.8 Å². The van der Waals surface area contributed by atoms with Gasteiger partial charge in [-0.05, 0) is 27.7 Å². The summed E-state index contributed by atoms with van der Waals surface area (Å²) in [6.45, 7) is 7.24. The predicted octanol–water partition coefficient (Wildman–Crippen LogP) is 1.59. The SMILES string of the molecule is CO[C@@H]1O[C@H]([C@H](Br)C(=O)OC(C)C)[C@H]2OC(C)(C)O[C@@H]12. The minimum Gasteiger partial charge on any atom is -0.462 e. The zero-order valence-electron chi connectivity index (χ0n) is 12.3. The lowest BCUT2D eigenvalue weighted by Gasteiger charge is -2.25. The van der Waals surface area contributed by atoms with Gasteiger partial charge in [0.25, 0.3) is 0 Å². The first-order valence-electron chi connectivity index (χ1n) is 6.63. The van der Waals surface area contributed by atoms with Crippen molar-refractivity contribution < 1.29 is 28.5 Å². The summed E-state index contributed by atoms with van der Waals surface area (Å²) < 4.78 is 27.8. The van der Waals surface area contributed by atoms with Gasteiger partial charge in [0.1, 0.15) is 23.1 Å². The first-order valence-corrected chi connectivity index (χ1v) is 7.55. The third kappa shape index (κ3) is 3.17. The Balaban J connectivity index is 2.10. The van der Waals surface area contributed by atoms with Crippen LogP contribution in [0.25, 0.3) is 0 Å². The molecule has 0 aromatic rings. The molecule has 0 N–H and O–H groups in total. The number of hydrogen-bond acceptors (Lipinski definition) is 6. The summed E-state index contributed by atoms with van der Waals surface area (Å²) in [7, 11) is 1.54. The third-order valence-electron chi connectivity index (χ3n) is 3.14. The van der Waals surface area contributed by atoms with Crippen molar-refractivity contribution in [3.8, 4) is 0 Å². The number of esters is 1. The van der Waals surface area contributed by atoms with Gasteiger partial charge in [0.2, 0.25) is 0 Å². The minimum absolute atomic E-state index is 0.185. The van der Waals surface area contributed by atoms with E-state index in [1.54, 1.807) is 13.8 Å². The molecule has 20 heavy (non-hydrogen) atoms. The molecule has 2 saturated heterocycles. The lowest BCUT2D eigenvalue weighted by atomic mass is 10.1. The van der Waals surface area contributed by atoms with E-state index in [4.69, 9.17) is 23.7 Å². The molecule has 0 bridgehead atoms. The maximum Gasteiger partial charge on any atom is 0.322 e. The van der Waals surface area contributed by atoms with E-state index in [-0.39, 0.29) is 24.3 Å². The fraction of sp³-hybridized carbons (Fsp3) is 0.923. The van der Waals surface area contributed by atoms with Crippen LogP contribution in [0, 0.1) is 0 Å². The molecule has 2 aliphatic rings. The molecule has 6 nitrogen and oxygen atoms in total. The van der Waals surface area contributed by atoms with Gasteiger partial charge in [-0.1, -0.05) is 15.9 Å². The summed E-state index contributed by atoms with van der Waals surface area (Å²) >= 11 is 3.34. The number of rotatable bonds is 4. The van der Waals surface area contributed by atoms with Crippen LogP contribution in [-0.4, -0.2) is 54.4 Å². The molecule has 5 atom stereocenters. The molecule has 2 aliphatic heterocycles. The van der Waals surface area contributed by atoms with Crippen molar-refractivity contribution in [1.29, 1.82) is 0 Å². The molecular weight excluding hydrogens is 332 g/mol. The fourth-order valence-corrected chi connectivity index (χ4v) is 2.98. The molecule has 2 heterocycles. The molecule has 0 spiro atoms. The Hall–Kier alpha value is -0.210. The van der Waals surface area contributed by atoms with Crippen LogP contribution in [0.4, 0.5) is 0 Å². The first-order chi connectivity index (χ1) is 9.25. The molecule has 0 radical (unpaired) electrons. The monoisotopic (exact) mass is 352 g/mol. The molecule has 0 aromatic heterocycles. The molecule has 2 fully saturated rings. The van der Waals surface area contributed by atoms with Crippen molar-refractivity contribution in [2.75, 3.05) is 7.11 Å². The van der Waals surface area contributed by atoms with E-state index in [0.29, 0.717) is 0 Å². The summed E-state index contributed by atoms with van der Waals surface area (Å²) in [4.78, 5) is 11.4. The van der Waals surface area contributed by atoms with E-state index in [9.17, 15) is 4.79 Å². The highest BCUT2D eigenvalue weighted by molar-refractivity contribution is 9.10. The van der Waals surface area contributed by atoms with E-state index in [1.165, 1.54) is 7.11 Å². The van der Waals surface area contributed by atoms with Crippen molar-refractivity contribution in [3.05, 3.63) is 0 Å². The molecule has 2 rings (SSSR count). The van der Waals surface area contributed by atoms with Gasteiger partial charge in [-0.25, -0.2) is 0 Å². The number of carbonyl (C=O) groups is 1. The quantitative estimate of drug-likeness (QED) is 0.565. The Morgan fingerprint density at radius 3 is 2.40 bits per heavy atom. The number of fused-ring (bicyclic) bond motifs is 1. The lowest BCUT2D eigenvalue weighted by molar-refractivity contribution is -0.227. The Kier molecular flexibility index (Phi) is 4.76. The highest BCUT2D eigenvalue weighted by atomic mass is 79.9. The second-order valence-electron chi connectivity index (χ2n) is 5.66. The Morgan fingerprint density at radius 1 is 1.25 bits per heavy atom. The Bertz CT molecular complexity index is 372. The van der Waals surface area contributed by atoms with Gasteiger partial charge in [-0.15, -0.1) is 0 Å². The predicted molar refractivity (Wildman–Crippen MR) is 73.4 cm³/mol. The standard InChI is InChI=1S/C13H21BrO6/c1-6(2)17-11(15)7(14)8-9-10(12(16-5)18-8)20-13(3,4)19-9/h6-10,12H,1-5H3/t7-,8+,9+,10+,12+/m0/s1. The van der Waals surface area contributed by atoms with Crippen molar-refractivity contribution in [2.45, 2.75) is 69.0 Å². The highest BCUT2D eigenvalue weighted by Gasteiger charge is 2.58. The van der Waals surface area contributed by atoms with Gasteiger partial charge in [-0.3, -0.25) is 4.79 Å². The number of halogens is 1. The molecule has 0 amide bonds. The van der Waals surface area contributed by atoms with Crippen molar-refractivity contribution in [3.63, 3.8) is 0 Å². The topological polar surface area (TPSA) is 63.2 Å². The van der Waals surface area contributed by atoms with Crippen molar-refractivity contribution in [2.24, 2.45) is 0 Å². The summed E-state index contributed by atoms with van der Waals surface area (Å²) in [6, 6.07) is 0. The molecule has 7 heteroatoms. The molecule has 0 aliphatic carbocycles. The second kappa shape index (κ2) is 5.88. The van der Waals surface area contributed by atoms with Gasteiger partial charge < -0.3 is 23.7 Å². The normalized spacial score (nSPS) is 37.0. The minimum atomic E-state index is -0.719. The van der Waals surface area contributed by atoms with Crippen LogP contribution in [0.3, 0.4) is 0 Å². The summed E-state index contributed by atoms with van der Waals surface area (Å²) in [6.07, 6.45) is -1.99. The van der Waals surface area contributed by atoms with Gasteiger partial charge in [0.05, 0.1) is 6.10 Å². The zero-order valence-corrected chi connectivity index (χ0v) is 13.9. The summed E-state index contributed by atoms with van der Waals surface area (Å²) in [5.41, 5.74) is 0. The van der Waals surface area contributed by atoms with Gasteiger partial charge in [-0.2, -0.15) is 0 Å². The third-order valence-corrected chi connectivity index (χ3v) is 4.04. The lowest BCUT2D eigenvalue weighted by Crippen LogP contribution is -2.41. The van der Waals surface area contributed by atoms with Gasteiger partial charge >= 0.3 is 5.97 Å². The van der Waals surface area contributed by atoms with Crippen LogP contribution in [0.15, 0.2) is 0 Å². The first kappa shape index (κ1) is 16.2. The Labute approximate surface area is 127 Å². The van der Waals surface area contributed by atoms with Gasteiger partial charge in [0, 0.05) is 7.11 Å². The smallest absolute Gasteiger partial charge is 0.322 e. The van der Waals surface area contributed by atoms with Crippen LogP contribution in [0.1, 0.15) is 27.7 Å². The number of ether oxygens (including phenoxy) is 5. The van der Waals surface area contributed by atoms with E-state index in [0.717, 1.165) is 0 Å². The van der Waals surface area contributed by atoms with Crippen LogP contribution in [0.5, 0.6) is 0 Å². The van der Waals surface area contributed by atoms with Crippen LogP contribution >= 0.6 is 15.9 Å². The molecule has 0 unspecified atom stereocenters. The largest absolute Gasteiger partial charge is 0.462 e. The average molecular weight is 353 g/mol. The average Bonchev–Trinajstić information content (AvgIpc) is 2.80. The fourth-order valence-electron chi connectivity index (χ4n) is 2.45. The van der Waals surface area contributed by atoms with Crippen molar-refractivity contribution in [1.82, 2.24) is 0 Å². The number of hydrogen-bond donors (Lipinski definition) is 0. The highest BCUT2D eigenvalue weighted by Crippen LogP contribution is 2.41. The van der Waals surface area contributed by atoms with E-state index < -0.39 is 23.0 Å². The second-order valence-corrected chi connectivity index (χ2v) is 6.64. The van der Waals surface area contributed by atoms with Crippen LogP contribution < -0.4 is 0 Å². The number of alkyl halides is 1. The van der Waals surface area contributed by atoms with Crippen LogP contribution in [0.2, 0.25) is 0 Å². The number of carbonyl (C=O) groups excluding carboxylic acids is 1. The maximum absolute atomic E-state index is 12.0. The Morgan fingerprint density at radius 2 is 1.85 bits per heavy atom. The molecule has 0 aromatic carbocycles. The van der Waals surface area contributed by atoms with Gasteiger partial charge in [0.15, 0.2) is 12.1 Å². The van der Waals surface area contributed by atoms with E-state index in [2.05, 4.69) is 15.9 Å². The van der Waals surface area contributed by atoms with Crippen molar-refractivity contribution >= 4 is 21.9 Å². The molecule has 116 valence electrons. The number of methoxy groups -OCH3 is 1. The molecular formula is C13H21BrO6. The zero-order chi connectivity index (χ0) is 15.1. The molecule has 0 saturated carbocycles. The summed E-state index contributed by atoms with van der Waals surface area (Å²) in [5, 5.41) is 0.